The quantitative estimate of drug-likeness (QED) is 0.173. The van der Waals surface area contributed by atoms with Crippen LogP contribution in [0.4, 0.5) is 0 Å². The molecule has 1 heterocycles. The fraction of sp³-hybridized carbons (Fsp3) is 0.0588. The topological polar surface area (TPSA) is 28.0 Å². The van der Waals surface area contributed by atoms with E-state index in [2.05, 4.69) is 102 Å². The van der Waals surface area contributed by atoms with Crippen molar-refractivity contribution in [2.24, 2.45) is 9.98 Å². The van der Waals surface area contributed by atoms with E-state index in [1.54, 1.807) is 0 Å². The lowest BCUT2D eigenvalue weighted by Crippen LogP contribution is -2.31. The summed E-state index contributed by atoms with van der Waals surface area (Å²) in [6.07, 6.45) is -0.222. The standard InChI is InChI=1S/C34H24ClN3/c1-38-33(22-10-3-2-4-11-22)36-32(37-34(38)35)25-13-9-12-23(20-25)24-18-19-30-28-16-6-5-14-26(28)27-15-7-8-17-29(27)31(30)21-24/h2-21,33H,1H3. The molecular weight excluding hydrogens is 486 g/mol. The fourth-order valence-corrected chi connectivity index (χ4v) is 5.66. The van der Waals surface area contributed by atoms with E-state index < -0.39 is 0 Å². The molecule has 0 N–H and O–H groups in total. The van der Waals surface area contributed by atoms with Gasteiger partial charge in [-0.15, -0.1) is 0 Å². The van der Waals surface area contributed by atoms with Gasteiger partial charge in [-0.3, -0.25) is 0 Å². The third kappa shape index (κ3) is 3.75. The summed E-state index contributed by atoms with van der Waals surface area (Å²) >= 11 is 6.58. The van der Waals surface area contributed by atoms with Crippen LogP contribution in [0.1, 0.15) is 17.3 Å². The Bertz CT molecular complexity index is 1870. The average molecular weight is 510 g/mol. The number of rotatable bonds is 3. The first-order chi connectivity index (χ1) is 18.7. The number of aliphatic imine (C=N–C) groups is 2. The number of hydrogen-bond acceptors (Lipinski definition) is 3. The van der Waals surface area contributed by atoms with Crippen LogP contribution in [0, 0.1) is 0 Å². The van der Waals surface area contributed by atoms with E-state index in [0.29, 0.717) is 11.1 Å². The normalized spacial score (nSPS) is 15.6. The monoisotopic (exact) mass is 509 g/mol. The van der Waals surface area contributed by atoms with Crippen LogP contribution in [0.25, 0.3) is 43.4 Å². The number of nitrogens with zero attached hydrogens (tertiary/aromatic N) is 3. The summed E-state index contributed by atoms with van der Waals surface area (Å²) in [6.45, 7) is 0. The second kappa shape index (κ2) is 9.13. The van der Waals surface area contributed by atoms with Crippen LogP contribution >= 0.6 is 11.6 Å². The van der Waals surface area contributed by atoms with Crippen LogP contribution in [-0.4, -0.2) is 23.1 Å². The Morgan fingerprint density at radius 3 is 1.79 bits per heavy atom. The smallest absolute Gasteiger partial charge is 0.202 e. The first kappa shape index (κ1) is 22.7. The van der Waals surface area contributed by atoms with E-state index in [1.807, 2.05) is 36.2 Å². The van der Waals surface area contributed by atoms with Crippen LogP contribution in [0.15, 0.2) is 131 Å². The predicted octanol–water partition coefficient (Wildman–Crippen LogP) is 8.80. The fourth-order valence-electron chi connectivity index (χ4n) is 5.49. The first-order valence-corrected chi connectivity index (χ1v) is 13.1. The number of halogens is 1. The maximum absolute atomic E-state index is 6.58. The van der Waals surface area contributed by atoms with Crippen molar-refractivity contribution < 1.29 is 0 Å². The van der Waals surface area contributed by atoms with Gasteiger partial charge < -0.3 is 4.90 Å². The van der Waals surface area contributed by atoms with E-state index in [-0.39, 0.29) is 6.17 Å². The Morgan fingerprint density at radius 2 is 1.11 bits per heavy atom. The zero-order valence-electron chi connectivity index (χ0n) is 20.8. The molecule has 0 aliphatic carbocycles. The molecule has 0 fully saturated rings. The van der Waals surface area contributed by atoms with E-state index in [9.17, 15) is 0 Å². The average Bonchev–Trinajstić information content (AvgIpc) is 2.99. The Balaban J connectivity index is 1.36. The highest BCUT2D eigenvalue weighted by Crippen LogP contribution is 2.37. The Labute approximate surface area is 226 Å². The van der Waals surface area contributed by atoms with E-state index in [4.69, 9.17) is 16.6 Å². The molecule has 7 rings (SSSR count). The third-order valence-electron chi connectivity index (χ3n) is 7.40. The van der Waals surface area contributed by atoms with Crippen LogP contribution in [-0.2, 0) is 0 Å². The molecule has 0 saturated carbocycles. The van der Waals surface area contributed by atoms with Gasteiger partial charge in [0.2, 0.25) is 5.29 Å². The Morgan fingerprint density at radius 1 is 0.553 bits per heavy atom. The second-order valence-electron chi connectivity index (χ2n) is 9.66. The zero-order valence-corrected chi connectivity index (χ0v) is 21.6. The minimum atomic E-state index is -0.222. The van der Waals surface area contributed by atoms with Crippen LogP contribution in [0.2, 0.25) is 0 Å². The molecule has 1 atom stereocenters. The van der Waals surface area contributed by atoms with Crippen molar-refractivity contribution in [1.29, 1.82) is 0 Å². The van der Waals surface area contributed by atoms with Gasteiger partial charge in [0.25, 0.3) is 0 Å². The predicted molar refractivity (Wildman–Crippen MR) is 161 cm³/mol. The molecule has 182 valence electrons. The molecule has 0 bridgehead atoms. The number of fused-ring (bicyclic) bond motifs is 6. The highest BCUT2D eigenvalue weighted by molar-refractivity contribution is 6.65. The largest absolute Gasteiger partial charge is 0.324 e. The molecular formula is C34H24ClN3. The molecule has 0 radical (unpaired) electrons. The maximum atomic E-state index is 6.58. The van der Waals surface area contributed by atoms with Gasteiger partial charge >= 0.3 is 0 Å². The van der Waals surface area contributed by atoms with Crippen molar-refractivity contribution in [1.82, 2.24) is 4.90 Å². The second-order valence-corrected chi connectivity index (χ2v) is 10.00. The van der Waals surface area contributed by atoms with Crippen molar-refractivity contribution in [3.63, 3.8) is 0 Å². The summed E-state index contributed by atoms with van der Waals surface area (Å²) < 4.78 is 0. The van der Waals surface area contributed by atoms with Gasteiger partial charge in [0.05, 0.1) is 0 Å². The maximum Gasteiger partial charge on any atom is 0.202 e. The van der Waals surface area contributed by atoms with E-state index >= 15 is 0 Å². The summed E-state index contributed by atoms with van der Waals surface area (Å²) in [5, 5.41) is 8.05. The lowest BCUT2D eigenvalue weighted by Gasteiger charge is -2.29. The van der Waals surface area contributed by atoms with E-state index in [0.717, 1.165) is 22.3 Å². The molecule has 6 aromatic carbocycles. The minimum Gasteiger partial charge on any atom is -0.324 e. The first-order valence-electron chi connectivity index (χ1n) is 12.7. The molecule has 1 aliphatic rings. The molecule has 3 nitrogen and oxygen atoms in total. The molecule has 0 saturated heterocycles. The van der Waals surface area contributed by atoms with Crippen molar-refractivity contribution >= 4 is 55.0 Å². The summed E-state index contributed by atoms with van der Waals surface area (Å²) in [5.41, 5.74) is 4.29. The molecule has 1 unspecified atom stereocenters. The molecule has 4 heteroatoms. The SMILES string of the molecule is CN1C(Cl)=NC(c2cccc(-c3ccc4c5ccccc5c5ccccc5c4c3)c2)=NC1c1ccccc1. The van der Waals surface area contributed by atoms with Gasteiger partial charge in [-0.25, -0.2) is 4.99 Å². The van der Waals surface area contributed by atoms with Crippen molar-refractivity contribution in [3.8, 4) is 11.1 Å². The van der Waals surface area contributed by atoms with Gasteiger partial charge in [0, 0.05) is 12.6 Å². The van der Waals surface area contributed by atoms with Crippen molar-refractivity contribution in [3.05, 3.63) is 132 Å². The number of hydrogen-bond donors (Lipinski definition) is 0. The van der Waals surface area contributed by atoms with Crippen LogP contribution in [0.3, 0.4) is 0 Å². The number of benzene rings is 6. The molecule has 6 aromatic rings. The lowest BCUT2D eigenvalue weighted by molar-refractivity contribution is 0.388. The zero-order chi connectivity index (χ0) is 25.6. The van der Waals surface area contributed by atoms with Crippen molar-refractivity contribution in [2.75, 3.05) is 7.05 Å². The van der Waals surface area contributed by atoms with Crippen LogP contribution in [0.5, 0.6) is 0 Å². The van der Waals surface area contributed by atoms with Gasteiger partial charge in [-0.05, 0) is 72.7 Å². The van der Waals surface area contributed by atoms with Crippen molar-refractivity contribution in [2.45, 2.75) is 6.17 Å². The lowest BCUT2D eigenvalue weighted by atomic mass is 9.92. The highest BCUT2D eigenvalue weighted by atomic mass is 35.5. The highest BCUT2D eigenvalue weighted by Gasteiger charge is 2.24. The van der Waals surface area contributed by atoms with Gasteiger partial charge in [-0.2, -0.15) is 4.99 Å². The van der Waals surface area contributed by atoms with Gasteiger partial charge in [0.15, 0.2) is 12.0 Å². The summed E-state index contributed by atoms with van der Waals surface area (Å²) in [4.78, 5) is 11.5. The third-order valence-corrected chi connectivity index (χ3v) is 7.75. The molecule has 0 amide bonds. The van der Waals surface area contributed by atoms with Gasteiger partial charge in [-0.1, -0.05) is 109 Å². The molecule has 1 aliphatic heterocycles. The number of amidine groups is 2. The molecule has 0 spiro atoms. The summed E-state index contributed by atoms with van der Waals surface area (Å²) in [5.74, 6) is 0.640. The molecule has 0 aromatic heterocycles. The Hall–Kier alpha value is -4.47. The van der Waals surface area contributed by atoms with Crippen LogP contribution < -0.4 is 0 Å². The minimum absolute atomic E-state index is 0.222. The Kier molecular flexibility index (Phi) is 5.45. The van der Waals surface area contributed by atoms with E-state index in [1.165, 1.54) is 32.3 Å². The molecule has 38 heavy (non-hydrogen) atoms. The summed E-state index contributed by atoms with van der Waals surface area (Å²) in [6, 6.07) is 42.7. The van der Waals surface area contributed by atoms with Gasteiger partial charge in [0.1, 0.15) is 0 Å². The summed E-state index contributed by atoms with van der Waals surface area (Å²) in [7, 11) is 1.92.